The Balaban J connectivity index is 1.72. The highest BCUT2D eigenvalue weighted by atomic mass is 19.4. The Kier molecular flexibility index (Phi) is 8.55. The average Bonchev–Trinajstić information content (AvgIpc) is 3.51. The SMILES string of the molecule is COC(=O)c1c(NC(=O)C2CCOC2)c2cc(NC(C)CC(F)(F)F)cnc2n1CCCc1ccccc1. The first kappa shape index (κ1) is 27.4. The molecule has 11 heteroatoms. The van der Waals surface area contributed by atoms with E-state index in [4.69, 9.17) is 9.47 Å². The van der Waals surface area contributed by atoms with Crippen LogP contribution in [0.1, 0.15) is 42.2 Å². The zero-order valence-electron chi connectivity index (χ0n) is 21.3. The fourth-order valence-corrected chi connectivity index (χ4v) is 4.69. The maximum Gasteiger partial charge on any atom is 0.391 e. The lowest BCUT2D eigenvalue weighted by molar-refractivity contribution is -0.136. The van der Waals surface area contributed by atoms with E-state index in [0.29, 0.717) is 42.7 Å². The summed E-state index contributed by atoms with van der Waals surface area (Å²) in [6.07, 6.45) is -1.95. The molecule has 3 heterocycles. The summed E-state index contributed by atoms with van der Waals surface area (Å²) in [6.45, 7) is 2.57. The Morgan fingerprint density at radius 3 is 2.68 bits per heavy atom. The molecule has 8 nitrogen and oxygen atoms in total. The summed E-state index contributed by atoms with van der Waals surface area (Å²) in [5.74, 6) is -1.33. The van der Waals surface area contributed by atoms with Gasteiger partial charge in [-0.25, -0.2) is 9.78 Å². The van der Waals surface area contributed by atoms with Gasteiger partial charge in [0.15, 0.2) is 5.69 Å². The number of pyridine rings is 1. The highest BCUT2D eigenvalue weighted by Gasteiger charge is 2.31. The van der Waals surface area contributed by atoms with Crippen molar-refractivity contribution in [3.05, 3.63) is 53.9 Å². The normalized spacial score (nSPS) is 16.4. The molecular formula is C27H31F3N4O4. The van der Waals surface area contributed by atoms with Crippen LogP contribution in [-0.4, -0.2) is 54.0 Å². The minimum absolute atomic E-state index is 0.135. The quantitative estimate of drug-likeness (QED) is 0.350. The molecule has 2 atom stereocenters. The first-order valence-electron chi connectivity index (χ1n) is 12.5. The summed E-state index contributed by atoms with van der Waals surface area (Å²) < 4.78 is 50.7. The standard InChI is InChI=1S/C27H31F3N4O4/c1-17(14-27(28,29)30)32-20-13-21-22(33-25(35)19-10-12-38-16-19)23(26(36)37-2)34(24(21)31-15-20)11-6-9-18-7-4-3-5-8-18/h3-5,7-8,13,15,17,19,32H,6,9-12,14,16H2,1-2H3,(H,33,35). The zero-order valence-corrected chi connectivity index (χ0v) is 21.3. The van der Waals surface area contributed by atoms with Gasteiger partial charge in [-0.3, -0.25) is 4.79 Å². The van der Waals surface area contributed by atoms with Gasteiger partial charge in [0.05, 0.1) is 43.6 Å². The number of esters is 1. The predicted molar refractivity (Wildman–Crippen MR) is 137 cm³/mol. The van der Waals surface area contributed by atoms with E-state index in [-0.39, 0.29) is 29.8 Å². The summed E-state index contributed by atoms with van der Waals surface area (Å²) in [4.78, 5) is 30.5. The number of hydrogen-bond acceptors (Lipinski definition) is 6. The molecule has 0 spiro atoms. The molecule has 38 heavy (non-hydrogen) atoms. The molecule has 0 aliphatic carbocycles. The number of carbonyl (C=O) groups is 2. The number of nitrogens with one attached hydrogen (secondary N) is 2. The molecule has 2 unspecified atom stereocenters. The van der Waals surface area contributed by atoms with Crippen LogP contribution in [0.2, 0.25) is 0 Å². The molecule has 3 aromatic rings. The number of aryl methyl sites for hydroxylation is 2. The van der Waals surface area contributed by atoms with Gasteiger partial charge in [0.2, 0.25) is 5.91 Å². The van der Waals surface area contributed by atoms with Gasteiger partial charge in [0.1, 0.15) is 5.65 Å². The Morgan fingerprint density at radius 2 is 2.03 bits per heavy atom. The van der Waals surface area contributed by atoms with E-state index >= 15 is 0 Å². The fourth-order valence-electron chi connectivity index (χ4n) is 4.69. The topological polar surface area (TPSA) is 94.5 Å². The summed E-state index contributed by atoms with van der Waals surface area (Å²) in [6, 6.07) is 10.6. The highest BCUT2D eigenvalue weighted by molar-refractivity contribution is 6.11. The van der Waals surface area contributed by atoms with E-state index in [2.05, 4.69) is 15.6 Å². The molecule has 2 aromatic heterocycles. The number of benzene rings is 1. The molecule has 2 N–H and O–H groups in total. The van der Waals surface area contributed by atoms with Crippen molar-refractivity contribution in [3.63, 3.8) is 0 Å². The minimum atomic E-state index is -4.33. The van der Waals surface area contributed by atoms with Crippen LogP contribution >= 0.6 is 0 Å². The number of alkyl halides is 3. The van der Waals surface area contributed by atoms with E-state index < -0.39 is 24.6 Å². The molecule has 1 aliphatic rings. The van der Waals surface area contributed by atoms with Crippen LogP contribution < -0.4 is 10.6 Å². The summed E-state index contributed by atoms with van der Waals surface area (Å²) in [5, 5.41) is 6.12. The number of ether oxygens (including phenoxy) is 2. The Hall–Kier alpha value is -3.60. The van der Waals surface area contributed by atoms with Crippen molar-refractivity contribution in [2.75, 3.05) is 31.0 Å². The maximum atomic E-state index is 13.0. The molecule has 4 rings (SSSR count). The number of anilines is 2. The predicted octanol–water partition coefficient (Wildman–Crippen LogP) is 5.18. The van der Waals surface area contributed by atoms with E-state index in [1.165, 1.54) is 20.2 Å². The highest BCUT2D eigenvalue weighted by Crippen LogP contribution is 2.34. The molecule has 1 amide bonds. The number of fused-ring (bicyclic) bond motifs is 1. The fraction of sp³-hybridized carbons (Fsp3) is 0.444. The van der Waals surface area contributed by atoms with Crippen molar-refractivity contribution < 1.29 is 32.2 Å². The Labute approximate surface area is 218 Å². The number of halogens is 3. The third-order valence-corrected chi connectivity index (χ3v) is 6.47. The number of rotatable bonds is 10. The second-order valence-corrected chi connectivity index (χ2v) is 9.47. The number of aromatic nitrogens is 2. The molecule has 1 fully saturated rings. The Morgan fingerprint density at radius 1 is 1.26 bits per heavy atom. The van der Waals surface area contributed by atoms with Crippen molar-refractivity contribution in [2.45, 2.75) is 51.4 Å². The van der Waals surface area contributed by atoms with Crippen molar-refractivity contribution in [3.8, 4) is 0 Å². The van der Waals surface area contributed by atoms with Gasteiger partial charge in [0.25, 0.3) is 0 Å². The third-order valence-electron chi connectivity index (χ3n) is 6.47. The lowest BCUT2D eigenvalue weighted by Gasteiger charge is -2.17. The van der Waals surface area contributed by atoms with Gasteiger partial charge >= 0.3 is 12.1 Å². The van der Waals surface area contributed by atoms with Gasteiger partial charge in [-0.15, -0.1) is 0 Å². The Bertz CT molecular complexity index is 1270. The van der Waals surface area contributed by atoms with Crippen LogP contribution in [0.5, 0.6) is 0 Å². The van der Waals surface area contributed by atoms with E-state index in [9.17, 15) is 22.8 Å². The number of hydrogen-bond donors (Lipinski definition) is 2. The maximum absolute atomic E-state index is 13.0. The zero-order chi connectivity index (χ0) is 27.3. The third kappa shape index (κ3) is 6.63. The van der Waals surface area contributed by atoms with Crippen LogP contribution in [0.3, 0.4) is 0 Å². The molecule has 204 valence electrons. The molecule has 1 aromatic carbocycles. The molecule has 1 saturated heterocycles. The second-order valence-electron chi connectivity index (χ2n) is 9.47. The average molecular weight is 533 g/mol. The van der Waals surface area contributed by atoms with Crippen molar-refractivity contribution in [1.82, 2.24) is 9.55 Å². The second kappa shape index (κ2) is 11.8. The van der Waals surface area contributed by atoms with Gasteiger partial charge in [-0.1, -0.05) is 30.3 Å². The first-order valence-corrected chi connectivity index (χ1v) is 12.5. The van der Waals surface area contributed by atoms with Crippen LogP contribution in [0.15, 0.2) is 42.6 Å². The molecule has 0 saturated carbocycles. The molecule has 0 radical (unpaired) electrons. The smallest absolute Gasteiger partial charge is 0.391 e. The van der Waals surface area contributed by atoms with Crippen LogP contribution in [0, 0.1) is 5.92 Å². The van der Waals surface area contributed by atoms with Gasteiger partial charge in [-0.05, 0) is 37.8 Å². The van der Waals surface area contributed by atoms with Crippen molar-refractivity contribution >= 4 is 34.3 Å². The monoisotopic (exact) mass is 532 g/mol. The van der Waals surface area contributed by atoms with Crippen molar-refractivity contribution in [2.24, 2.45) is 5.92 Å². The largest absolute Gasteiger partial charge is 0.464 e. The van der Waals surface area contributed by atoms with E-state index in [1.807, 2.05) is 30.3 Å². The number of amides is 1. The summed E-state index contributed by atoms with van der Waals surface area (Å²) in [7, 11) is 1.25. The van der Waals surface area contributed by atoms with Gasteiger partial charge in [0, 0.05) is 24.6 Å². The molecule has 0 bridgehead atoms. The summed E-state index contributed by atoms with van der Waals surface area (Å²) >= 11 is 0. The lowest BCUT2D eigenvalue weighted by Crippen LogP contribution is -2.24. The van der Waals surface area contributed by atoms with Gasteiger partial charge < -0.3 is 24.7 Å². The molecular weight excluding hydrogens is 501 g/mol. The molecule has 1 aliphatic heterocycles. The van der Waals surface area contributed by atoms with Crippen LogP contribution in [0.25, 0.3) is 11.0 Å². The van der Waals surface area contributed by atoms with E-state index in [1.54, 1.807) is 10.6 Å². The number of methoxy groups -OCH3 is 1. The lowest BCUT2D eigenvalue weighted by atomic mass is 10.1. The number of carbonyl (C=O) groups excluding carboxylic acids is 2. The van der Waals surface area contributed by atoms with Crippen LogP contribution in [0.4, 0.5) is 24.5 Å². The first-order chi connectivity index (χ1) is 18.2. The minimum Gasteiger partial charge on any atom is -0.464 e. The number of nitrogens with zero attached hydrogens (tertiary/aromatic N) is 2. The van der Waals surface area contributed by atoms with Crippen molar-refractivity contribution in [1.29, 1.82) is 0 Å². The van der Waals surface area contributed by atoms with Crippen LogP contribution in [-0.2, 0) is 27.2 Å². The van der Waals surface area contributed by atoms with E-state index in [0.717, 1.165) is 12.0 Å². The summed E-state index contributed by atoms with van der Waals surface area (Å²) in [5.41, 5.74) is 2.26. The van der Waals surface area contributed by atoms with Gasteiger partial charge in [-0.2, -0.15) is 13.2 Å².